The van der Waals surface area contributed by atoms with Gasteiger partial charge in [0.2, 0.25) is 0 Å². The number of benzene rings is 1. The molecule has 2 aromatic rings. The third-order valence-corrected chi connectivity index (χ3v) is 2.36. The first-order chi connectivity index (χ1) is 8.28. The van der Waals surface area contributed by atoms with E-state index in [0.29, 0.717) is 29.3 Å². The topological polar surface area (TPSA) is 57.9 Å². The zero-order valence-corrected chi connectivity index (χ0v) is 9.56. The van der Waals surface area contributed by atoms with Crippen LogP contribution < -0.4 is 9.47 Å². The van der Waals surface area contributed by atoms with Gasteiger partial charge < -0.3 is 18.6 Å². The number of furan rings is 1. The molecule has 5 heteroatoms. The fourth-order valence-corrected chi connectivity index (χ4v) is 1.60. The molecule has 0 aliphatic rings. The molecular formula is C12H12O5. The zero-order chi connectivity index (χ0) is 12.3. The summed E-state index contributed by atoms with van der Waals surface area (Å²) in [6.07, 6.45) is 0. The standard InChI is InChI=1S/C12H12O5/c1-14-9-3-8-4-10(6-16-7-13)17-12(8)11(5-9)15-2/h3-5,7H,6H2,1-2H3. The van der Waals surface area contributed by atoms with Gasteiger partial charge in [0.05, 0.1) is 14.2 Å². The lowest BCUT2D eigenvalue weighted by molar-refractivity contribution is -0.130. The van der Waals surface area contributed by atoms with E-state index in [-0.39, 0.29) is 6.61 Å². The van der Waals surface area contributed by atoms with Crippen molar-refractivity contribution in [1.82, 2.24) is 0 Å². The number of carbonyl (C=O) groups excluding carboxylic acids is 1. The smallest absolute Gasteiger partial charge is 0.293 e. The van der Waals surface area contributed by atoms with Gasteiger partial charge in [0, 0.05) is 11.5 Å². The Morgan fingerprint density at radius 3 is 2.71 bits per heavy atom. The van der Waals surface area contributed by atoms with Crippen molar-refractivity contribution in [2.45, 2.75) is 6.61 Å². The van der Waals surface area contributed by atoms with Gasteiger partial charge in [-0.15, -0.1) is 0 Å². The molecule has 0 radical (unpaired) electrons. The van der Waals surface area contributed by atoms with Gasteiger partial charge in [0.15, 0.2) is 11.3 Å². The second-order valence-electron chi connectivity index (χ2n) is 3.37. The first-order valence-electron chi connectivity index (χ1n) is 4.98. The normalized spacial score (nSPS) is 10.2. The Balaban J connectivity index is 2.46. The van der Waals surface area contributed by atoms with Crippen LogP contribution in [0.4, 0.5) is 0 Å². The summed E-state index contributed by atoms with van der Waals surface area (Å²) in [5.74, 6) is 1.81. The van der Waals surface area contributed by atoms with E-state index >= 15 is 0 Å². The number of hydrogen-bond donors (Lipinski definition) is 0. The fourth-order valence-electron chi connectivity index (χ4n) is 1.60. The van der Waals surface area contributed by atoms with Crippen LogP contribution in [-0.4, -0.2) is 20.7 Å². The van der Waals surface area contributed by atoms with E-state index in [4.69, 9.17) is 13.9 Å². The molecule has 0 fully saturated rings. The van der Waals surface area contributed by atoms with Crippen molar-refractivity contribution < 1.29 is 23.4 Å². The Morgan fingerprint density at radius 1 is 1.24 bits per heavy atom. The predicted molar refractivity (Wildman–Crippen MR) is 60.2 cm³/mol. The number of rotatable bonds is 5. The lowest BCUT2D eigenvalue weighted by Crippen LogP contribution is -1.87. The molecule has 0 bridgehead atoms. The molecule has 1 aromatic heterocycles. The molecule has 0 saturated heterocycles. The maximum Gasteiger partial charge on any atom is 0.293 e. The molecule has 0 amide bonds. The fraction of sp³-hybridized carbons (Fsp3) is 0.250. The highest BCUT2D eigenvalue weighted by atomic mass is 16.5. The van der Waals surface area contributed by atoms with E-state index in [0.717, 1.165) is 5.39 Å². The molecule has 5 nitrogen and oxygen atoms in total. The van der Waals surface area contributed by atoms with Crippen LogP contribution in [0, 0.1) is 0 Å². The van der Waals surface area contributed by atoms with Crippen LogP contribution in [0.2, 0.25) is 0 Å². The summed E-state index contributed by atoms with van der Waals surface area (Å²) in [4.78, 5) is 10.1. The minimum Gasteiger partial charge on any atom is -0.497 e. The first-order valence-corrected chi connectivity index (χ1v) is 4.98. The van der Waals surface area contributed by atoms with E-state index < -0.39 is 0 Å². The SMILES string of the molecule is COc1cc(OC)c2oc(COC=O)cc2c1. The Labute approximate surface area is 97.9 Å². The third kappa shape index (κ3) is 2.18. The van der Waals surface area contributed by atoms with Crippen molar-refractivity contribution in [3.8, 4) is 11.5 Å². The number of hydrogen-bond acceptors (Lipinski definition) is 5. The number of carbonyl (C=O) groups is 1. The van der Waals surface area contributed by atoms with Crippen LogP contribution in [0.25, 0.3) is 11.0 Å². The number of ether oxygens (including phenoxy) is 3. The van der Waals surface area contributed by atoms with Crippen molar-refractivity contribution >= 4 is 17.4 Å². The second-order valence-corrected chi connectivity index (χ2v) is 3.37. The molecule has 0 spiro atoms. The van der Waals surface area contributed by atoms with Crippen molar-refractivity contribution in [2.75, 3.05) is 14.2 Å². The molecule has 1 aromatic carbocycles. The third-order valence-electron chi connectivity index (χ3n) is 2.36. The summed E-state index contributed by atoms with van der Waals surface area (Å²) in [5.41, 5.74) is 0.609. The highest BCUT2D eigenvalue weighted by Crippen LogP contribution is 2.33. The van der Waals surface area contributed by atoms with Crippen molar-refractivity contribution in [3.05, 3.63) is 24.0 Å². The largest absolute Gasteiger partial charge is 0.497 e. The lowest BCUT2D eigenvalue weighted by Gasteiger charge is -2.04. The van der Waals surface area contributed by atoms with Crippen LogP contribution >= 0.6 is 0 Å². The molecule has 17 heavy (non-hydrogen) atoms. The highest BCUT2D eigenvalue weighted by molar-refractivity contribution is 5.85. The van der Waals surface area contributed by atoms with Gasteiger partial charge in [-0.2, -0.15) is 0 Å². The molecular weight excluding hydrogens is 224 g/mol. The maximum absolute atomic E-state index is 10.1. The molecule has 0 saturated carbocycles. The molecule has 2 rings (SSSR count). The Hall–Kier alpha value is -2.17. The maximum atomic E-state index is 10.1. The van der Waals surface area contributed by atoms with Gasteiger partial charge in [-0.1, -0.05) is 0 Å². The summed E-state index contributed by atoms with van der Waals surface area (Å²) in [5, 5.41) is 0.839. The Kier molecular flexibility index (Phi) is 3.18. The average Bonchev–Trinajstić information content (AvgIpc) is 2.77. The van der Waals surface area contributed by atoms with E-state index in [9.17, 15) is 4.79 Å². The van der Waals surface area contributed by atoms with Crippen LogP contribution in [0.15, 0.2) is 22.6 Å². The number of methoxy groups -OCH3 is 2. The van der Waals surface area contributed by atoms with Gasteiger partial charge in [-0.25, -0.2) is 0 Å². The summed E-state index contributed by atoms with van der Waals surface area (Å²) in [7, 11) is 3.13. The van der Waals surface area contributed by atoms with Gasteiger partial charge in [0.1, 0.15) is 18.1 Å². The molecule has 0 aliphatic carbocycles. The Morgan fingerprint density at radius 2 is 2.06 bits per heavy atom. The van der Waals surface area contributed by atoms with E-state index in [2.05, 4.69) is 4.74 Å². The monoisotopic (exact) mass is 236 g/mol. The summed E-state index contributed by atoms with van der Waals surface area (Å²) < 4.78 is 20.5. The van der Waals surface area contributed by atoms with Crippen molar-refractivity contribution in [1.29, 1.82) is 0 Å². The average molecular weight is 236 g/mol. The molecule has 0 atom stereocenters. The minimum atomic E-state index is 0.101. The quantitative estimate of drug-likeness (QED) is 0.744. The van der Waals surface area contributed by atoms with Crippen LogP contribution in [0.5, 0.6) is 11.5 Å². The minimum absolute atomic E-state index is 0.101. The van der Waals surface area contributed by atoms with Crippen LogP contribution in [0.1, 0.15) is 5.76 Å². The van der Waals surface area contributed by atoms with Crippen molar-refractivity contribution in [3.63, 3.8) is 0 Å². The van der Waals surface area contributed by atoms with Crippen LogP contribution in [-0.2, 0) is 16.1 Å². The molecule has 1 heterocycles. The lowest BCUT2D eigenvalue weighted by atomic mass is 10.2. The summed E-state index contributed by atoms with van der Waals surface area (Å²) in [6.45, 7) is 0.481. The molecule has 0 aliphatic heterocycles. The summed E-state index contributed by atoms with van der Waals surface area (Å²) in [6, 6.07) is 5.34. The van der Waals surface area contributed by atoms with Gasteiger partial charge in [0.25, 0.3) is 6.47 Å². The van der Waals surface area contributed by atoms with E-state index in [1.54, 1.807) is 26.4 Å². The van der Waals surface area contributed by atoms with Gasteiger partial charge in [-0.05, 0) is 12.1 Å². The zero-order valence-electron chi connectivity index (χ0n) is 9.56. The van der Waals surface area contributed by atoms with E-state index in [1.165, 1.54) is 0 Å². The Bertz CT molecular complexity index is 529. The second kappa shape index (κ2) is 4.78. The molecule has 0 unspecified atom stereocenters. The number of fused-ring (bicyclic) bond motifs is 1. The highest BCUT2D eigenvalue weighted by Gasteiger charge is 2.11. The summed E-state index contributed by atoms with van der Waals surface area (Å²) >= 11 is 0. The van der Waals surface area contributed by atoms with Gasteiger partial charge in [-0.3, -0.25) is 4.79 Å². The predicted octanol–water partition coefficient (Wildman–Crippen LogP) is 2.12. The van der Waals surface area contributed by atoms with Gasteiger partial charge >= 0.3 is 0 Å². The first kappa shape index (κ1) is 11.3. The van der Waals surface area contributed by atoms with E-state index in [1.807, 2.05) is 6.07 Å². The molecule has 90 valence electrons. The van der Waals surface area contributed by atoms with Crippen LogP contribution in [0.3, 0.4) is 0 Å². The van der Waals surface area contributed by atoms with Crippen molar-refractivity contribution in [2.24, 2.45) is 0 Å². The molecule has 0 N–H and O–H groups in total.